The van der Waals surface area contributed by atoms with E-state index in [1.165, 1.54) is 10.9 Å². The number of allylic oxidation sites excluding steroid dienone is 4. The van der Waals surface area contributed by atoms with E-state index < -0.39 is 0 Å². The Bertz CT molecular complexity index is 530. The summed E-state index contributed by atoms with van der Waals surface area (Å²) < 4.78 is 0. The van der Waals surface area contributed by atoms with Gasteiger partial charge in [-0.15, -0.1) is 0 Å². The van der Waals surface area contributed by atoms with Gasteiger partial charge in [-0.3, -0.25) is 0 Å². The summed E-state index contributed by atoms with van der Waals surface area (Å²) >= 11 is 0. The molecule has 0 spiro atoms. The first-order valence-corrected chi connectivity index (χ1v) is 6.88. The van der Waals surface area contributed by atoms with Crippen LogP contribution < -0.4 is 10.9 Å². The molecule has 0 fully saturated rings. The zero-order valence-corrected chi connectivity index (χ0v) is 10.9. The average molecular weight is 244 g/mol. The Kier molecular flexibility index (Phi) is 3.64. The van der Waals surface area contributed by atoms with E-state index in [1.54, 1.807) is 0 Å². The van der Waals surface area contributed by atoms with Crippen molar-refractivity contribution in [2.45, 2.75) is 12.2 Å². The van der Waals surface area contributed by atoms with Gasteiger partial charge < -0.3 is 0 Å². The van der Waals surface area contributed by atoms with Crippen molar-refractivity contribution in [3.63, 3.8) is 0 Å². The number of hydrogen-bond donors (Lipinski definition) is 0. The number of hydrogen-bond acceptors (Lipinski definition) is 0. The lowest BCUT2D eigenvalue weighted by Crippen LogP contribution is -2.45. The van der Waals surface area contributed by atoms with E-state index in [9.17, 15) is 0 Å². The Hall–Kier alpha value is -2.02. The van der Waals surface area contributed by atoms with E-state index in [0.717, 1.165) is 6.42 Å². The summed E-state index contributed by atoms with van der Waals surface area (Å²) in [7, 11) is 0. The van der Waals surface area contributed by atoms with Gasteiger partial charge >= 0.3 is 0 Å². The molecule has 0 nitrogen and oxygen atoms in total. The van der Waals surface area contributed by atoms with Crippen molar-refractivity contribution in [1.82, 2.24) is 0 Å². The van der Waals surface area contributed by atoms with Gasteiger partial charge in [0.25, 0.3) is 0 Å². The van der Waals surface area contributed by atoms with E-state index in [1.807, 2.05) is 0 Å². The zero-order valence-electron chi connectivity index (χ0n) is 10.9. The second kappa shape index (κ2) is 5.75. The fourth-order valence-electron chi connectivity index (χ4n) is 2.85. The fraction of sp³-hybridized carbons (Fsp3) is 0.111. The minimum Gasteiger partial charge on any atom is -0.0876 e. The maximum Gasteiger partial charge on any atom is 0.216 e. The van der Waals surface area contributed by atoms with E-state index in [4.69, 9.17) is 0 Å². The molecule has 1 unspecified atom stereocenters. The molecule has 0 saturated heterocycles. The average Bonchev–Trinajstić information content (AvgIpc) is 2.51. The number of rotatable bonds is 3. The third kappa shape index (κ3) is 2.71. The Morgan fingerprint density at radius 3 is 1.79 bits per heavy atom. The second-order valence-corrected chi connectivity index (χ2v) is 5.01. The maximum atomic E-state index is 2.34. The largest absolute Gasteiger partial charge is 0.216 e. The smallest absolute Gasteiger partial charge is 0.0876 e. The lowest BCUT2D eigenvalue weighted by atomic mass is 9.33. The first-order chi connectivity index (χ1) is 9.45. The van der Waals surface area contributed by atoms with E-state index in [-0.39, 0.29) is 0 Å². The predicted octanol–water partition coefficient (Wildman–Crippen LogP) is 3.18. The van der Waals surface area contributed by atoms with Crippen LogP contribution in [0.2, 0.25) is 5.82 Å². The third-order valence-corrected chi connectivity index (χ3v) is 3.76. The monoisotopic (exact) mass is 244 g/mol. The molecule has 1 atom stereocenters. The first kappa shape index (κ1) is 12.0. The van der Waals surface area contributed by atoms with Crippen molar-refractivity contribution >= 4 is 17.6 Å². The first-order valence-electron chi connectivity index (χ1n) is 6.88. The Morgan fingerprint density at radius 2 is 1.32 bits per heavy atom. The van der Waals surface area contributed by atoms with Crippen molar-refractivity contribution in [1.29, 1.82) is 0 Å². The molecule has 1 aliphatic carbocycles. The minimum atomic E-state index is 0.448. The lowest BCUT2D eigenvalue weighted by molar-refractivity contribution is 1.01. The van der Waals surface area contributed by atoms with Gasteiger partial charge in [-0.05, 0) is 12.2 Å². The molecule has 0 bridgehead atoms. The van der Waals surface area contributed by atoms with Crippen LogP contribution in [-0.2, 0) is 0 Å². The molecule has 0 radical (unpaired) electrons. The highest BCUT2D eigenvalue weighted by atomic mass is 14.1. The summed E-state index contributed by atoms with van der Waals surface area (Å²) in [5, 5.41) is 0. The summed E-state index contributed by atoms with van der Waals surface area (Å²) in [6.45, 7) is 0.448. The molecule has 92 valence electrons. The van der Waals surface area contributed by atoms with Crippen LogP contribution in [0.4, 0.5) is 0 Å². The van der Waals surface area contributed by atoms with Gasteiger partial charge in [0, 0.05) is 0 Å². The SMILES string of the molecule is C1=CCC(B(c2ccccc2)c2ccccc2)C=C1. The van der Waals surface area contributed by atoms with Gasteiger partial charge in [-0.25, -0.2) is 0 Å². The molecule has 0 N–H and O–H groups in total. The molecule has 0 heterocycles. The Morgan fingerprint density at radius 1 is 0.737 bits per heavy atom. The molecule has 0 aliphatic heterocycles. The number of benzene rings is 2. The van der Waals surface area contributed by atoms with Crippen molar-refractivity contribution in [2.75, 3.05) is 0 Å². The van der Waals surface area contributed by atoms with Gasteiger partial charge in [-0.2, -0.15) is 0 Å². The molecular formula is C18H17B. The molecule has 1 heteroatoms. The Labute approximate surface area is 115 Å². The van der Waals surface area contributed by atoms with Gasteiger partial charge in [0.2, 0.25) is 6.71 Å². The van der Waals surface area contributed by atoms with Gasteiger partial charge in [0.05, 0.1) is 0 Å². The van der Waals surface area contributed by atoms with Crippen molar-refractivity contribution < 1.29 is 0 Å². The van der Waals surface area contributed by atoms with E-state index >= 15 is 0 Å². The predicted molar refractivity (Wildman–Crippen MR) is 84.6 cm³/mol. The lowest BCUT2D eigenvalue weighted by Gasteiger charge is -2.23. The topological polar surface area (TPSA) is 0 Å². The molecule has 3 rings (SSSR count). The molecule has 1 aliphatic rings. The summed E-state index contributed by atoms with van der Waals surface area (Å²) in [5.41, 5.74) is 2.80. The maximum absolute atomic E-state index is 2.34. The van der Waals surface area contributed by atoms with Crippen molar-refractivity contribution in [3.8, 4) is 0 Å². The highest BCUT2D eigenvalue weighted by molar-refractivity contribution is 6.86. The highest BCUT2D eigenvalue weighted by Gasteiger charge is 2.26. The van der Waals surface area contributed by atoms with Crippen LogP contribution in [0.25, 0.3) is 0 Å². The molecule has 0 saturated carbocycles. The Balaban J connectivity index is 2.01. The molecule has 0 amide bonds. The highest BCUT2D eigenvalue weighted by Crippen LogP contribution is 2.21. The van der Waals surface area contributed by atoms with Crippen molar-refractivity contribution in [2.24, 2.45) is 0 Å². The van der Waals surface area contributed by atoms with Crippen LogP contribution in [-0.4, -0.2) is 6.71 Å². The van der Waals surface area contributed by atoms with Crippen LogP contribution in [0.15, 0.2) is 85.0 Å². The van der Waals surface area contributed by atoms with Crippen LogP contribution in [0.5, 0.6) is 0 Å². The molecular weight excluding hydrogens is 227 g/mol. The molecule has 19 heavy (non-hydrogen) atoms. The van der Waals surface area contributed by atoms with Gasteiger partial charge in [0.1, 0.15) is 0 Å². The molecule has 2 aromatic rings. The van der Waals surface area contributed by atoms with Crippen LogP contribution in [0, 0.1) is 0 Å². The normalized spacial score (nSPS) is 17.4. The second-order valence-electron chi connectivity index (χ2n) is 5.01. The molecule has 0 aromatic heterocycles. The zero-order chi connectivity index (χ0) is 12.9. The third-order valence-electron chi connectivity index (χ3n) is 3.76. The summed E-state index contributed by atoms with van der Waals surface area (Å²) in [6.07, 6.45) is 10.0. The summed E-state index contributed by atoms with van der Waals surface area (Å²) in [5.74, 6) is 0.551. The fourth-order valence-corrected chi connectivity index (χ4v) is 2.85. The van der Waals surface area contributed by atoms with Crippen molar-refractivity contribution in [3.05, 3.63) is 85.0 Å². The van der Waals surface area contributed by atoms with E-state index in [2.05, 4.69) is 85.0 Å². The van der Waals surface area contributed by atoms with Gasteiger partial charge in [0.15, 0.2) is 0 Å². The van der Waals surface area contributed by atoms with Crippen LogP contribution >= 0.6 is 0 Å². The molecule has 2 aromatic carbocycles. The van der Waals surface area contributed by atoms with Gasteiger partial charge in [-0.1, -0.05) is 95.9 Å². The summed E-state index contributed by atoms with van der Waals surface area (Å²) in [4.78, 5) is 0. The minimum absolute atomic E-state index is 0.448. The quantitative estimate of drug-likeness (QED) is 0.727. The standard InChI is InChI=1S/C18H17B/c1-4-10-16(11-5-1)19(17-12-6-2-7-13-17)18-14-8-3-9-15-18/h1-14,18H,15H2. The van der Waals surface area contributed by atoms with Crippen LogP contribution in [0.3, 0.4) is 0 Å². The van der Waals surface area contributed by atoms with Crippen LogP contribution in [0.1, 0.15) is 6.42 Å². The summed E-state index contributed by atoms with van der Waals surface area (Å²) in [6, 6.07) is 21.7. The van der Waals surface area contributed by atoms with E-state index in [0.29, 0.717) is 12.5 Å².